The minimum Gasteiger partial charge on any atom is -0.334 e. The van der Waals surface area contributed by atoms with Gasteiger partial charge in [0.25, 0.3) is 5.89 Å². The first-order valence-corrected chi connectivity index (χ1v) is 12.8. The molecule has 0 aliphatic carbocycles. The third-order valence-electron chi connectivity index (χ3n) is 7.18. The molecule has 5 rings (SSSR count). The number of carbonyl (C=O) groups is 1. The second-order valence-corrected chi connectivity index (χ2v) is 9.46. The standard InChI is InChI=1S/C31H32N4O2/c1-5-22-11-15-24(16-12-22)28-27(30-33-29(34-37-30)25-17-13-23(6-2)14-18-25)21(4)35(31(36)32-28)19-26-10-8-7-9-20(26)3/h7-18,28H,5-6,19H2,1-4H3,(H,32,36). The molecule has 1 aliphatic heterocycles. The maximum atomic E-state index is 13.4. The Kier molecular flexibility index (Phi) is 6.91. The predicted molar refractivity (Wildman–Crippen MR) is 146 cm³/mol. The first kappa shape index (κ1) is 24.5. The summed E-state index contributed by atoms with van der Waals surface area (Å²) in [6.45, 7) is 8.73. The summed E-state index contributed by atoms with van der Waals surface area (Å²) in [7, 11) is 0. The zero-order valence-electron chi connectivity index (χ0n) is 21.8. The van der Waals surface area contributed by atoms with Crippen LogP contribution in [0, 0.1) is 6.92 Å². The van der Waals surface area contributed by atoms with Crippen molar-refractivity contribution in [1.29, 1.82) is 0 Å². The van der Waals surface area contributed by atoms with Crippen molar-refractivity contribution in [3.63, 3.8) is 0 Å². The van der Waals surface area contributed by atoms with E-state index >= 15 is 0 Å². The van der Waals surface area contributed by atoms with E-state index < -0.39 is 6.04 Å². The number of allylic oxidation sites excluding steroid dienone is 1. The first-order valence-electron chi connectivity index (χ1n) is 12.8. The number of rotatable bonds is 7. The minimum atomic E-state index is -0.401. The summed E-state index contributed by atoms with van der Waals surface area (Å²) in [5.74, 6) is 0.937. The minimum absolute atomic E-state index is 0.149. The highest BCUT2D eigenvalue weighted by atomic mass is 16.5. The largest absolute Gasteiger partial charge is 0.334 e. The molecule has 1 aromatic heterocycles. The van der Waals surface area contributed by atoms with Crippen molar-refractivity contribution in [2.45, 2.75) is 53.1 Å². The number of nitrogens with one attached hydrogen (secondary N) is 1. The van der Waals surface area contributed by atoms with Gasteiger partial charge in [-0.05, 0) is 54.5 Å². The molecular weight excluding hydrogens is 460 g/mol. The van der Waals surface area contributed by atoms with Crippen LogP contribution in [0.2, 0.25) is 0 Å². The van der Waals surface area contributed by atoms with E-state index in [1.807, 2.05) is 31.2 Å². The topological polar surface area (TPSA) is 71.3 Å². The van der Waals surface area contributed by atoms with E-state index in [1.165, 1.54) is 11.1 Å². The summed E-state index contributed by atoms with van der Waals surface area (Å²) >= 11 is 0. The van der Waals surface area contributed by atoms with Gasteiger partial charge in [-0.15, -0.1) is 0 Å². The van der Waals surface area contributed by atoms with Crippen LogP contribution in [0.3, 0.4) is 0 Å². The van der Waals surface area contributed by atoms with Crippen LogP contribution in [0.1, 0.15) is 60.5 Å². The Bertz CT molecular complexity index is 1430. The van der Waals surface area contributed by atoms with E-state index in [0.29, 0.717) is 18.3 Å². The van der Waals surface area contributed by atoms with Crippen molar-refractivity contribution in [3.05, 3.63) is 112 Å². The van der Waals surface area contributed by atoms with E-state index in [4.69, 9.17) is 9.51 Å². The van der Waals surface area contributed by atoms with E-state index in [9.17, 15) is 4.79 Å². The van der Waals surface area contributed by atoms with E-state index in [1.54, 1.807) is 4.90 Å². The SMILES string of the molecule is CCc1ccc(-c2noc(C3=C(C)N(Cc4ccccc4C)C(=O)NC3c3ccc(CC)cc3)n2)cc1. The highest BCUT2D eigenvalue weighted by molar-refractivity contribution is 5.87. The van der Waals surface area contributed by atoms with Crippen LogP contribution in [-0.2, 0) is 19.4 Å². The van der Waals surface area contributed by atoms with Crippen LogP contribution < -0.4 is 5.32 Å². The monoisotopic (exact) mass is 492 g/mol. The maximum absolute atomic E-state index is 13.4. The van der Waals surface area contributed by atoms with Gasteiger partial charge in [-0.1, -0.05) is 91.8 Å². The molecule has 6 heteroatoms. The zero-order valence-corrected chi connectivity index (χ0v) is 21.8. The Labute approximate surface area is 218 Å². The van der Waals surface area contributed by atoms with Crippen molar-refractivity contribution < 1.29 is 9.32 Å². The molecule has 1 atom stereocenters. The highest BCUT2D eigenvalue weighted by Gasteiger charge is 2.36. The fourth-order valence-electron chi connectivity index (χ4n) is 4.74. The number of hydrogen-bond donors (Lipinski definition) is 1. The molecule has 37 heavy (non-hydrogen) atoms. The summed E-state index contributed by atoms with van der Waals surface area (Å²) in [5, 5.41) is 7.50. The van der Waals surface area contributed by atoms with Crippen LogP contribution in [-0.4, -0.2) is 21.1 Å². The molecule has 0 radical (unpaired) electrons. The number of nitrogens with zero attached hydrogens (tertiary/aromatic N) is 3. The number of aromatic nitrogens is 2. The van der Waals surface area contributed by atoms with Crippen LogP contribution in [0.4, 0.5) is 4.79 Å². The third-order valence-corrected chi connectivity index (χ3v) is 7.18. The second-order valence-electron chi connectivity index (χ2n) is 9.46. The van der Waals surface area contributed by atoms with Gasteiger partial charge in [0.15, 0.2) is 0 Å². The Morgan fingerprint density at radius 3 is 2.19 bits per heavy atom. The van der Waals surface area contributed by atoms with Crippen molar-refractivity contribution in [1.82, 2.24) is 20.4 Å². The van der Waals surface area contributed by atoms with E-state index in [-0.39, 0.29) is 6.03 Å². The van der Waals surface area contributed by atoms with Gasteiger partial charge in [0.05, 0.1) is 18.2 Å². The van der Waals surface area contributed by atoms with Gasteiger partial charge in [-0.2, -0.15) is 4.98 Å². The van der Waals surface area contributed by atoms with Gasteiger partial charge in [0, 0.05) is 11.3 Å². The molecule has 0 spiro atoms. The van der Waals surface area contributed by atoms with Gasteiger partial charge in [0.2, 0.25) is 5.82 Å². The average Bonchev–Trinajstić information content (AvgIpc) is 3.41. The van der Waals surface area contributed by atoms with Crippen molar-refractivity contribution >= 4 is 11.6 Å². The van der Waals surface area contributed by atoms with Crippen molar-refractivity contribution in [2.24, 2.45) is 0 Å². The molecule has 0 saturated carbocycles. The molecule has 0 fully saturated rings. The molecule has 1 unspecified atom stereocenters. The zero-order chi connectivity index (χ0) is 25.9. The van der Waals surface area contributed by atoms with Gasteiger partial charge in [-0.25, -0.2) is 4.79 Å². The Hall–Kier alpha value is -4.19. The number of benzene rings is 3. The smallest absolute Gasteiger partial charge is 0.322 e. The lowest BCUT2D eigenvalue weighted by atomic mass is 9.93. The molecule has 0 saturated heterocycles. The number of urea groups is 1. The highest BCUT2D eigenvalue weighted by Crippen LogP contribution is 2.38. The molecule has 3 aromatic carbocycles. The molecular formula is C31H32N4O2. The predicted octanol–water partition coefficient (Wildman–Crippen LogP) is 6.87. The summed E-state index contributed by atoms with van der Waals surface area (Å²) in [6, 6.07) is 24.1. The molecule has 188 valence electrons. The van der Waals surface area contributed by atoms with Crippen molar-refractivity contribution in [2.75, 3.05) is 0 Å². The third kappa shape index (κ3) is 4.92. The second kappa shape index (κ2) is 10.4. The Morgan fingerprint density at radius 2 is 1.54 bits per heavy atom. The summed E-state index contributed by atoms with van der Waals surface area (Å²) in [5.41, 5.74) is 8.19. The van der Waals surface area contributed by atoms with Crippen LogP contribution in [0.25, 0.3) is 17.0 Å². The van der Waals surface area contributed by atoms with Gasteiger partial charge in [-0.3, -0.25) is 4.90 Å². The number of aryl methyl sites for hydroxylation is 3. The normalized spacial score (nSPS) is 15.7. The molecule has 1 aliphatic rings. The summed E-state index contributed by atoms with van der Waals surface area (Å²) in [4.78, 5) is 20.0. The molecule has 2 heterocycles. The number of amides is 2. The van der Waals surface area contributed by atoms with Crippen molar-refractivity contribution in [3.8, 4) is 11.4 Å². The van der Waals surface area contributed by atoms with Crippen LogP contribution in [0.5, 0.6) is 0 Å². The van der Waals surface area contributed by atoms with Crippen LogP contribution >= 0.6 is 0 Å². The van der Waals surface area contributed by atoms with E-state index in [2.05, 4.69) is 79.8 Å². The van der Waals surface area contributed by atoms with Gasteiger partial charge < -0.3 is 9.84 Å². The average molecular weight is 493 g/mol. The molecule has 1 N–H and O–H groups in total. The molecule has 0 bridgehead atoms. The van der Waals surface area contributed by atoms with Gasteiger partial charge >= 0.3 is 6.03 Å². The lowest BCUT2D eigenvalue weighted by Crippen LogP contribution is -2.45. The molecule has 6 nitrogen and oxygen atoms in total. The Balaban J connectivity index is 1.58. The first-order chi connectivity index (χ1) is 18.0. The fourth-order valence-corrected chi connectivity index (χ4v) is 4.74. The summed E-state index contributed by atoms with van der Waals surface area (Å²) < 4.78 is 5.84. The maximum Gasteiger partial charge on any atom is 0.322 e. The molecule has 4 aromatic rings. The summed E-state index contributed by atoms with van der Waals surface area (Å²) in [6.07, 6.45) is 1.92. The fraction of sp³-hybridized carbons (Fsp3) is 0.258. The van der Waals surface area contributed by atoms with Gasteiger partial charge in [0.1, 0.15) is 0 Å². The van der Waals surface area contributed by atoms with Crippen LogP contribution in [0.15, 0.2) is 83.0 Å². The number of carbonyl (C=O) groups excluding carboxylic acids is 1. The lowest BCUT2D eigenvalue weighted by molar-refractivity contribution is 0.203. The lowest BCUT2D eigenvalue weighted by Gasteiger charge is -2.35. The van der Waals surface area contributed by atoms with E-state index in [0.717, 1.165) is 46.4 Å². The number of hydrogen-bond acceptors (Lipinski definition) is 4. The quantitative estimate of drug-likeness (QED) is 0.306. The Morgan fingerprint density at radius 1 is 0.892 bits per heavy atom. The molecule has 2 amide bonds.